The minimum atomic E-state index is -4.69. The molecule has 0 saturated carbocycles. The Morgan fingerprint density at radius 1 is 1.05 bits per heavy atom. The number of carbonyl (C=O) groups is 3. The van der Waals surface area contributed by atoms with E-state index >= 15 is 0 Å². The van der Waals surface area contributed by atoms with Gasteiger partial charge in [-0.15, -0.1) is 11.6 Å². The molecule has 0 spiro atoms. The van der Waals surface area contributed by atoms with Crippen molar-refractivity contribution in [3.8, 4) is 17.0 Å². The van der Waals surface area contributed by atoms with E-state index in [1.807, 2.05) is 49.4 Å². The van der Waals surface area contributed by atoms with Gasteiger partial charge in [-0.25, -0.2) is 9.18 Å². The Kier molecular flexibility index (Phi) is 18.8. The Hall–Kier alpha value is -3.60. The summed E-state index contributed by atoms with van der Waals surface area (Å²) in [4.78, 5) is 38.0. The van der Waals surface area contributed by atoms with Gasteiger partial charge in [0, 0.05) is 19.7 Å². The van der Waals surface area contributed by atoms with Gasteiger partial charge in [-0.1, -0.05) is 79.0 Å². The molecule has 0 N–H and O–H groups in total. The van der Waals surface area contributed by atoms with Crippen LogP contribution in [0.5, 0.6) is 5.75 Å². The molecule has 2 heterocycles. The van der Waals surface area contributed by atoms with Crippen LogP contribution in [0, 0.1) is 5.82 Å². The van der Waals surface area contributed by atoms with Gasteiger partial charge in [0.05, 0.1) is 38.6 Å². The predicted molar refractivity (Wildman–Crippen MR) is 227 cm³/mol. The van der Waals surface area contributed by atoms with Crippen LogP contribution in [-0.4, -0.2) is 70.9 Å². The minimum absolute atomic E-state index is 0.0371. The van der Waals surface area contributed by atoms with Gasteiger partial charge in [-0.3, -0.25) is 19.2 Å². The number of methoxy groups -OCH3 is 1. The van der Waals surface area contributed by atoms with Gasteiger partial charge in [0.15, 0.2) is 10.5 Å². The summed E-state index contributed by atoms with van der Waals surface area (Å²) in [6.45, 7) is 9.95. The van der Waals surface area contributed by atoms with E-state index in [0.29, 0.717) is 17.0 Å². The molecule has 1 unspecified atom stereocenters. The summed E-state index contributed by atoms with van der Waals surface area (Å²) < 4.78 is 69.3. The van der Waals surface area contributed by atoms with E-state index in [9.17, 15) is 31.9 Å². The highest BCUT2D eigenvalue weighted by molar-refractivity contribution is 9.10. The number of hydrogen-bond donors (Lipinski definition) is 0. The first-order chi connectivity index (χ1) is 27.7. The molecule has 1 atom stereocenters. The van der Waals surface area contributed by atoms with Crippen LogP contribution in [0.3, 0.4) is 0 Å². The first-order valence-corrected chi connectivity index (χ1v) is 20.6. The van der Waals surface area contributed by atoms with E-state index in [1.165, 1.54) is 0 Å². The highest BCUT2D eigenvalue weighted by Crippen LogP contribution is 2.41. The molecule has 5 rings (SSSR count). The molecule has 1 aromatic heterocycles. The molecule has 4 aromatic rings. The number of ether oxygens (including phenoxy) is 3. The molecular weight excluding hydrogens is 930 g/mol. The maximum absolute atomic E-state index is 14.3. The lowest BCUT2D eigenvalue weighted by Crippen LogP contribution is -2.47. The fraction of sp³-hybridized carbons (Fsp3) is 0.400. The fourth-order valence-electron chi connectivity index (χ4n) is 5.91. The van der Waals surface area contributed by atoms with Crippen LogP contribution in [0.15, 0.2) is 59.1 Å². The maximum atomic E-state index is 14.3. The zero-order valence-electron chi connectivity index (χ0n) is 33.1. The number of carbonyl (C=O) groups excluding carboxylic acids is 3. The third kappa shape index (κ3) is 12.5. The molecule has 10 nitrogen and oxygen atoms in total. The first kappa shape index (κ1) is 49.8. The molecule has 1 aliphatic heterocycles. The van der Waals surface area contributed by atoms with Gasteiger partial charge in [0.1, 0.15) is 36.5 Å². The van der Waals surface area contributed by atoms with Gasteiger partial charge >= 0.3 is 12.1 Å². The number of nitrogens with zero attached hydrogens (tertiary/aromatic N) is 4. The molecule has 0 fully saturated rings. The predicted octanol–water partition coefficient (Wildman–Crippen LogP) is 10.8. The van der Waals surface area contributed by atoms with Gasteiger partial charge in [0.25, 0.3) is 5.91 Å². The Labute approximate surface area is 368 Å². The van der Waals surface area contributed by atoms with Crippen LogP contribution in [0.25, 0.3) is 11.3 Å². The number of hydrogen-bond acceptors (Lipinski definition) is 7. The molecule has 1 aliphatic rings. The summed E-state index contributed by atoms with van der Waals surface area (Å²) in [7, 11) is 2.66. The molecule has 0 bridgehead atoms. The van der Waals surface area contributed by atoms with Gasteiger partial charge in [-0.05, 0) is 84.9 Å². The highest BCUT2D eigenvalue weighted by atomic mass is 79.9. The second-order valence-corrected chi connectivity index (χ2v) is 15.6. The normalized spacial score (nSPS) is 13.5. The van der Waals surface area contributed by atoms with E-state index in [-0.39, 0.29) is 52.3 Å². The first-order valence-electron chi connectivity index (χ1n) is 18.0. The second kappa shape index (κ2) is 22.3. The summed E-state index contributed by atoms with van der Waals surface area (Å²) in [5, 5.41) is 3.50. The van der Waals surface area contributed by atoms with Crippen LogP contribution >= 0.6 is 62.3 Å². The minimum Gasteiger partial charge on any atom is -0.489 e. The largest absolute Gasteiger partial charge is 0.489 e. The number of halogens is 9. The van der Waals surface area contributed by atoms with Crippen molar-refractivity contribution < 1.29 is 46.2 Å². The summed E-state index contributed by atoms with van der Waals surface area (Å²) in [5.74, 6) is -1.53. The smallest absolute Gasteiger partial charge is 0.434 e. The van der Waals surface area contributed by atoms with Gasteiger partial charge in [0.2, 0.25) is 5.91 Å². The summed E-state index contributed by atoms with van der Waals surface area (Å²) in [5.41, 5.74) is 2.10. The monoisotopic (exact) mass is 970 g/mol. The fourth-order valence-corrected chi connectivity index (χ4v) is 7.26. The number of fused-ring (bicyclic) bond motifs is 1. The summed E-state index contributed by atoms with van der Waals surface area (Å²) >= 11 is 25.6. The highest BCUT2D eigenvalue weighted by Gasteiger charge is 2.39. The zero-order valence-corrected chi connectivity index (χ0v) is 37.7. The summed E-state index contributed by atoms with van der Waals surface area (Å²) in [6, 6.07) is 15.2. The molecule has 19 heteroatoms. The van der Waals surface area contributed by atoms with E-state index in [2.05, 4.69) is 34.9 Å². The zero-order chi connectivity index (χ0) is 44.4. The molecule has 0 saturated heterocycles. The van der Waals surface area contributed by atoms with Crippen molar-refractivity contribution >= 4 is 91.5 Å². The molecule has 0 radical (unpaired) electrons. The average Bonchev–Trinajstić information content (AvgIpc) is 3.49. The number of amides is 2. The van der Waals surface area contributed by atoms with Crippen LogP contribution < -0.4 is 14.5 Å². The number of para-hydroxylation sites is 3. The van der Waals surface area contributed by atoms with Crippen molar-refractivity contribution in [2.45, 2.75) is 70.6 Å². The number of alkyl halides is 6. The molecule has 3 aromatic carbocycles. The molecule has 2 amide bonds. The quantitative estimate of drug-likeness (QED) is 0.0675. The number of benzene rings is 3. The molecule has 59 heavy (non-hydrogen) atoms. The average molecular weight is 974 g/mol. The van der Waals surface area contributed by atoms with Crippen molar-refractivity contribution in [2.75, 3.05) is 36.1 Å². The molecule has 0 aliphatic carbocycles. The Morgan fingerprint density at radius 3 is 2.17 bits per heavy atom. The summed E-state index contributed by atoms with van der Waals surface area (Å²) in [6.07, 6.45) is -3.39. The Bertz CT molecular complexity index is 2080. The number of aryl methyl sites for hydroxylation is 3. The lowest BCUT2D eigenvalue weighted by molar-refractivity contribution is -0.144. The van der Waals surface area contributed by atoms with Gasteiger partial charge in [-0.2, -0.15) is 18.3 Å². The topological polar surface area (TPSA) is 103 Å². The van der Waals surface area contributed by atoms with Crippen LogP contribution in [0.2, 0.25) is 5.02 Å². The van der Waals surface area contributed by atoms with E-state index in [0.717, 1.165) is 54.5 Å². The van der Waals surface area contributed by atoms with E-state index in [4.69, 9.17) is 60.6 Å². The molecule has 322 valence electrons. The Balaban J connectivity index is 0.000000244. The van der Waals surface area contributed by atoms with Crippen molar-refractivity contribution in [1.82, 2.24) is 9.78 Å². The van der Waals surface area contributed by atoms with E-state index in [1.54, 1.807) is 30.8 Å². The maximum Gasteiger partial charge on any atom is 0.434 e. The van der Waals surface area contributed by atoms with Crippen molar-refractivity contribution in [3.63, 3.8) is 0 Å². The van der Waals surface area contributed by atoms with Gasteiger partial charge < -0.3 is 19.1 Å². The Morgan fingerprint density at radius 2 is 1.66 bits per heavy atom. The molecular formula is C40H43BrCl4F4N4O6. The number of aromatic nitrogens is 2. The van der Waals surface area contributed by atoms with Crippen LogP contribution in [-0.2, 0) is 45.1 Å². The van der Waals surface area contributed by atoms with Crippen molar-refractivity contribution in [1.29, 1.82) is 0 Å². The third-order valence-electron chi connectivity index (χ3n) is 8.51. The number of rotatable bonds is 10. The second-order valence-electron chi connectivity index (χ2n) is 13.0. The number of esters is 1. The van der Waals surface area contributed by atoms with Crippen molar-refractivity contribution in [2.24, 2.45) is 7.05 Å². The van der Waals surface area contributed by atoms with Crippen LogP contribution in [0.1, 0.15) is 61.8 Å². The number of anilines is 2. The van der Waals surface area contributed by atoms with Crippen molar-refractivity contribution in [3.05, 3.63) is 92.3 Å². The lowest BCUT2D eigenvalue weighted by atomic mass is 10.0. The third-order valence-corrected chi connectivity index (χ3v) is 10.2. The lowest BCUT2D eigenvalue weighted by Gasteiger charge is -2.35. The van der Waals surface area contributed by atoms with Crippen LogP contribution in [0.4, 0.5) is 28.9 Å². The standard InChI is InChI=1S/C15H12BrClF4N2O2.C14H20ClNO2.C11H11Cl2NO2/c1-6(2)25-14(24)7-4-8(10(18)5-9(7)17)12-11(16)13(15(19,20)21)23(3)22-12;1-4-11-7-6-8-12(5-2)14(11)16(10-18-3)13(17)9-15;1-7-6-16-9-5-3-2-4-8(9)14(7)11(15)10(12)13/h4-6H,1-3H3;6-8H,4-5,9-10H2,1-3H3;2-5,7,10H,6H2,1H3. The van der Waals surface area contributed by atoms with E-state index < -0.39 is 39.1 Å². The SMILES string of the molecule is CC(C)OC(=O)c1cc(-c2nn(C)c(C(F)(F)F)c2Br)c(F)cc1Cl.CC1COc2ccccc2N1C(=O)C(Cl)Cl.CCc1cccc(CC)c1N(COC)C(=O)CCl.